The summed E-state index contributed by atoms with van der Waals surface area (Å²) in [6.07, 6.45) is -6.92. The zero-order valence-electron chi connectivity index (χ0n) is 20.9. The highest BCUT2D eigenvalue weighted by molar-refractivity contribution is 5.15. The molecule has 0 aliphatic carbocycles. The number of aliphatic hydroxyl groups excluding tert-OH is 2. The number of aliphatic hydroxyl groups is 2. The van der Waals surface area contributed by atoms with Gasteiger partial charge in [-0.15, -0.1) is 0 Å². The number of ether oxygens (including phenoxy) is 4. The molecule has 0 spiro atoms. The van der Waals surface area contributed by atoms with Gasteiger partial charge < -0.3 is 29.2 Å². The van der Waals surface area contributed by atoms with Gasteiger partial charge in [0.25, 0.3) is 0 Å². The van der Waals surface area contributed by atoms with Crippen LogP contribution in [-0.4, -0.2) is 53.4 Å². The molecule has 0 bridgehead atoms. The van der Waals surface area contributed by atoms with Gasteiger partial charge >= 0.3 is 0 Å². The van der Waals surface area contributed by atoms with E-state index in [9.17, 15) is 11.6 Å². The van der Waals surface area contributed by atoms with Crippen LogP contribution in [0.1, 0.15) is 25.0 Å². The van der Waals surface area contributed by atoms with Crippen molar-refractivity contribution in [1.29, 1.82) is 0 Å². The molecule has 0 saturated carbocycles. The highest BCUT2D eigenvalue weighted by atomic mass is 16.6. The molecule has 0 unspecified atom stereocenters. The molecular formula is C29H34O6. The highest BCUT2D eigenvalue weighted by Gasteiger charge is 2.48. The highest BCUT2D eigenvalue weighted by Crippen LogP contribution is 2.29. The van der Waals surface area contributed by atoms with E-state index in [0.29, 0.717) is 0 Å². The van der Waals surface area contributed by atoms with E-state index in [-0.39, 0.29) is 26.4 Å². The van der Waals surface area contributed by atoms with E-state index in [0.717, 1.165) is 16.7 Å². The number of hydrogen-bond acceptors (Lipinski definition) is 6. The van der Waals surface area contributed by atoms with Crippen LogP contribution in [0.15, 0.2) is 91.0 Å². The first-order valence-corrected chi connectivity index (χ1v) is 11.9. The molecule has 3 aromatic rings. The van der Waals surface area contributed by atoms with Crippen LogP contribution in [0.5, 0.6) is 0 Å². The maximum atomic E-state index is 11.2. The summed E-state index contributed by atoms with van der Waals surface area (Å²) >= 11 is 0. The largest absolute Gasteiger partial charge is 0.391 e. The van der Waals surface area contributed by atoms with Gasteiger partial charge in [-0.3, -0.25) is 0 Å². The zero-order chi connectivity index (χ0) is 25.4. The van der Waals surface area contributed by atoms with Gasteiger partial charge in [0.05, 0.1) is 33.9 Å². The Morgan fingerprint density at radius 2 is 1.23 bits per heavy atom. The third kappa shape index (κ3) is 7.21. The maximum absolute atomic E-state index is 11.2. The second kappa shape index (κ2) is 12.9. The van der Waals surface area contributed by atoms with Gasteiger partial charge in [-0.25, -0.2) is 0 Å². The summed E-state index contributed by atoms with van der Waals surface area (Å²) in [6, 6.07) is 28.8. The molecule has 0 aromatic heterocycles. The molecule has 0 radical (unpaired) electrons. The smallest absolute Gasteiger partial charge is 0.115 e. The average molecular weight is 480 g/mol. The van der Waals surface area contributed by atoms with E-state index in [2.05, 4.69) is 0 Å². The predicted octanol–water partition coefficient (Wildman–Crippen LogP) is 3.88. The van der Waals surface area contributed by atoms with Crippen LogP contribution in [-0.2, 0) is 38.8 Å². The third-order valence-corrected chi connectivity index (χ3v) is 5.97. The van der Waals surface area contributed by atoms with E-state index >= 15 is 0 Å². The Hall–Kier alpha value is -2.58. The van der Waals surface area contributed by atoms with Gasteiger partial charge in [-0.05, 0) is 23.6 Å². The summed E-state index contributed by atoms with van der Waals surface area (Å²) in [7, 11) is 0. The number of hydrogen-bond donors (Lipinski definition) is 2. The molecule has 3 aromatic carbocycles. The molecule has 0 amide bonds. The lowest BCUT2D eigenvalue weighted by Crippen LogP contribution is -2.62. The van der Waals surface area contributed by atoms with Crippen molar-refractivity contribution >= 4 is 0 Å². The molecule has 186 valence electrons. The minimum Gasteiger partial charge on any atom is -0.391 e. The second-order valence-electron chi connectivity index (χ2n) is 8.74. The monoisotopic (exact) mass is 479 g/mol. The molecule has 6 atom stereocenters. The van der Waals surface area contributed by atoms with Crippen molar-refractivity contribution in [2.45, 2.75) is 63.3 Å². The van der Waals surface area contributed by atoms with Crippen molar-refractivity contribution < 1.29 is 30.5 Å². The fourth-order valence-corrected chi connectivity index (χ4v) is 4.11. The first-order chi connectivity index (χ1) is 17.5. The third-order valence-electron chi connectivity index (χ3n) is 5.97. The Bertz CT molecular complexity index is 1040. The van der Waals surface area contributed by atoms with Crippen molar-refractivity contribution in [3.8, 4) is 0 Å². The quantitative estimate of drug-likeness (QED) is 0.435. The minimum absolute atomic E-state index is 0.136. The van der Waals surface area contributed by atoms with Gasteiger partial charge in [0.2, 0.25) is 0 Å². The van der Waals surface area contributed by atoms with Crippen molar-refractivity contribution in [2.24, 2.45) is 0 Å². The Morgan fingerprint density at radius 1 is 0.771 bits per heavy atom. The molecule has 1 aliphatic rings. The van der Waals surface area contributed by atoms with Crippen LogP contribution >= 0.6 is 0 Å². The Morgan fingerprint density at radius 3 is 1.71 bits per heavy atom. The lowest BCUT2D eigenvalue weighted by molar-refractivity contribution is -0.274. The average Bonchev–Trinajstić information content (AvgIpc) is 2.90. The minimum atomic E-state index is -1.73. The van der Waals surface area contributed by atoms with Crippen LogP contribution in [0.25, 0.3) is 0 Å². The lowest BCUT2D eigenvalue weighted by atomic mass is 9.92. The first-order valence-electron chi connectivity index (χ1n) is 12.4. The summed E-state index contributed by atoms with van der Waals surface area (Å²) in [6.45, 7) is 2.08. The topological polar surface area (TPSA) is 77.4 Å². The second-order valence-corrected chi connectivity index (χ2v) is 8.74. The van der Waals surface area contributed by atoms with Gasteiger partial charge in [-0.1, -0.05) is 91.0 Å². The maximum Gasteiger partial charge on any atom is 0.115 e. The van der Waals surface area contributed by atoms with E-state index in [1.807, 2.05) is 91.0 Å². The molecular weight excluding hydrogens is 444 g/mol. The van der Waals surface area contributed by atoms with Gasteiger partial charge in [-0.2, -0.15) is 0 Å². The molecule has 1 saturated heterocycles. The molecule has 2 N–H and O–H groups in total. The molecule has 6 heteroatoms. The SMILES string of the molecule is [2H][C@@]1(COCc2ccccc2)O[C@H]([C@H](C)O)[C@H](O)[C@@H](OCc2ccccc2)[C@@H]1OCc1ccccc1. The number of benzene rings is 3. The van der Waals surface area contributed by atoms with E-state index in [1.54, 1.807) is 0 Å². The summed E-state index contributed by atoms with van der Waals surface area (Å²) in [5.41, 5.74) is 2.80. The Kier molecular flexibility index (Phi) is 8.91. The molecule has 1 fully saturated rings. The normalized spacial score (nSPS) is 27.8. The summed E-state index contributed by atoms with van der Waals surface area (Å²) in [5.74, 6) is 0. The van der Waals surface area contributed by atoms with Crippen molar-refractivity contribution in [3.63, 3.8) is 0 Å². The number of rotatable bonds is 11. The zero-order valence-corrected chi connectivity index (χ0v) is 19.9. The van der Waals surface area contributed by atoms with Crippen LogP contribution in [0, 0.1) is 0 Å². The molecule has 1 aliphatic heterocycles. The summed E-state index contributed by atoms with van der Waals surface area (Å²) in [4.78, 5) is 0. The standard InChI is InChI=1S/C29H34O6/c1-21(30)27-26(31)29(34-19-24-15-9-4-10-16-24)28(33-18-23-13-7-3-8-14-23)25(35-27)20-32-17-22-11-5-2-6-12-22/h2-16,21,25-31H,17-20H2,1H3/t21-,25-,26-,27+,28+,29+/m0/s1/i25D. The van der Waals surface area contributed by atoms with Gasteiger partial charge in [0.15, 0.2) is 0 Å². The predicted molar refractivity (Wildman–Crippen MR) is 132 cm³/mol. The van der Waals surface area contributed by atoms with Crippen molar-refractivity contribution in [3.05, 3.63) is 108 Å². The van der Waals surface area contributed by atoms with Crippen molar-refractivity contribution in [2.75, 3.05) is 6.61 Å². The molecule has 4 rings (SSSR count). The van der Waals surface area contributed by atoms with Crippen LogP contribution < -0.4 is 0 Å². The van der Waals surface area contributed by atoms with E-state index < -0.39 is 36.6 Å². The first kappa shape index (κ1) is 24.1. The van der Waals surface area contributed by atoms with Crippen molar-refractivity contribution in [1.82, 2.24) is 0 Å². The molecule has 35 heavy (non-hydrogen) atoms. The van der Waals surface area contributed by atoms with Crippen LogP contribution in [0.3, 0.4) is 0 Å². The molecule has 6 nitrogen and oxygen atoms in total. The van der Waals surface area contributed by atoms with E-state index in [4.69, 9.17) is 18.9 Å². The van der Waals surface area contributed by atoms with Gasteiger partial charge in [0.1, 0.15) is 30.5 Å². The van der Waals surface area contributed by atoms with Gasteiger partial charge in [0, 0.05) is 0 Å². The Balaban J connectivity index is 1.57. The van der Waals surface area contributed by atoms with Crippen LogP contribution in [0.4, 0.5) is 0 Å². The fourth-order valence-electron chi connectivity index (χ4n) is 4.11. The Labute approximate surface area is 208 Å². The molecule has 1 heterocycles. The fraction of sp³-hybridized carbons (Fsp3) is 0.379. The van der Waals surface area contributed by atoms with E-state index in [1.165, 1.54) is 6.92 Å². The van der Waals surface area contributed by atoms with Crippen LogP contribution in [0.2, 0.25) is 0 Å². The lowest BCUT2D eigenvalue weighted by Gasteiger charge is -2.45. The summed E-state index contributed by atoms with van der Waals surface area (Å²) < 4.78 is 33.6. The summed E-state index contributed by atoms with van der Waals surface area (Å²) in [5, 5.41) is 21.5.